The molecule has 0 N–H and O–H groups in total. The van der Waals surface area contributed by atoms with Gasteiger partial charge in [0, 0.05) is 23.5 Å². The first-order valence-electron chi connectivity index (χ1n) is 4.45. The molecule has 76 valence electrons. The van der Waals surface area contributed by atoms with Crippen molar-refractivity contribution in [1.82, 2.24) is 4.98 Å². The van der Waals surface area contributed by atoms with E-state index in [2.05, 4.69) is 4.98 Å². The van der Waals surface area contributed by atoms with Crippen LogP contribution in [0.4, 0.5) is 0 Å². The largest absolute Gasteiger partial charge is 0.492 e. The number of ether oxygens (including phenoxy) is 1. The van der Waals surface area contributed by atoms with Crippen molar-refractivity contribution in [2.75, 3.05) is 7.11 Å². The second-order valence-electron chi connectivity index (χ2n) is 3.24. The molecule has 1 aliphatic rings. The zero-order valence-corrected chi connectivity index (χ0v) is 8.40. The molecule has 0 radical (unpaired) electrons. The van der Waals surface area contributed by atoms with Crippen molar-refractivity contribution in [3.05, 3.63) is 40.9 Å². The Balaban J connectivity index is 2.68. The summed E-state index contributed by atoms with van der Waals surface area (Å²) in [7, 11) is 1.39. The molecule has 0 aromatic carbocycles. The van der Waals surface area contributed by atoms with Crippen LogP contribution in [0.2, 0.25) is 0 Å². The van der Waals surface area contributed by atoms with Gasteiger partial charge in [0.25, 0.3) is 0 Å². The van der Waals surface area contributed by atoms with Crippen LogP contribution in [-0.2, 0) is 4.74 Å². The minimum Gasteiger partial charge on any atom is -0.492 e. The highest BCUT2D eigenvalue weighted by Gasteiger charge is 2.30. The van der Waals surface area contributed by atoms with Crippen LogP contribution in [-0.4, -0.2) is 23.7 Å². The fourth-order valence-corrected chi connectivity index (χ4v) is 1.62. The quantitative estimate of drug-likeness (QED) is 0.691. The van der Waals surface area contributed by atoms with Crippen molar-refractivity contribution in [2.45, 2.75) is 6.92 Å². The van der Waals surface area contributed by atoms with Gasteiger partial charge in [0.2, 0.25) is 5.78 Å². The van der Waals surface area contributed by atoms with Crippen LogP contribution >= 0.6 is 0 Å². The second-order valence-corrected chi connectivity index (χ2v) is 3.24. The first-order valence-corrected chi connectivity index (χ1v) is 4.45. The van der Waals surface area contributed by atoms with Crippen molar-refractivity contribution in [2.24, 2.45) is 0 Å². The highest BCUT2D eigenvalue weighted by Crippen LogP contribution is 2.25. The number of pyridine rings is 1. The van der Waals surface area contributed by atoms with Crippen molar-refractivity contribution >= 4 is 11.6 Å². The average Bonchev–Trinajstić information content (AvgIpc) is 2.27. The number of ketones is 2. The molecule has 0 atom stereocenters. The number of rotatable bonds is 1. The number of hydrogen-bond donors (Lipinski definition) is 0. The number of aromatic nitrogens is 1. The fraction of sp³-hybridized carbons (Fsp3) is 0.182. The highest BCUT2D eigenvalue weighted by atomic mass is 16.5. The number of Topliss-reactive ketones (excluding diaryl/α,β-unsaturated/α-hetero) is 2. The molecular formula is C11H9NO3. The molecule has 1 aromatic heterocycles. The van der Waals surface area contributed by atoms with Crippen molar-refractivity contribution < 1.29 is 14.3 Å². The van der Waals surface area contributed by atoms with E-state index in [4.69, 9.17) is 4.74 Å². The number of carbonyl (C=O) groups is 2. The average molecular weight is 203 g/mol. The van der Waals surface area contributed by atoms with Crippen molar-refractivity contribution in [3.63, 3.8) is 0 Å². The van der Waals surface area contributed by atoms with Crippen LogP contribution in [0.25, 0.3) is 0 Å². The van der Waals surface area contributed by atoms with E-state index in [-0.39, 0.29) is 17.3 Å². The number of allylic oxidation sites excluding steroid dienone is 2. The standard InChI is InChI=1S/C11H9NO3/c1-6-9(13)8-5-12-4-3-7(8)10(14)11(6)15-2/h3-5H,1-2H3. The molecule has 0 saturated carbocycles. The number of methoxy groups -OCH3 is 1. The van der Waals surface area contributed by atoms with E-state index in [0.29, 0.717) is 16.7 Å². The SMILES string of the molecule is COC1=C(C)C(=O)c2cnccc2C1=O. The monoisotopic (exact) mass is 203 g/mol. The summed E-state index contributed by atoms with van der Waals surface area (Å²) in [6.45, 7) is 1.58. The molecular weight excluding hydrogens is 194 g/mol. The zero-order valence-electron chi connectivity index (χ0n) is 8.40. The van der Waals surface area contributed by atoms with Gasteiger partial charge in [0.1, 0.15) is 0 Å². The number of carbonyl (C=O) groups excluding carboxylic acids is 2. The Morgan fingerprint density at radius 2 is 1.93 bits per heavy atom. The summed E-state index contributed by atoms with van der Waals surface area (Å²) in [6, 6.07) is 1.53. The first-order chi connectivity index (χ1) is 7.16. The zero-order chi connectivity index (χ0) is 11.0. The number of fused-ring (bicyclic) bond motifs is 1. The Bertz CT molecular complexity index is 488. The Labute approximate surface area is 86.6 Å². The third-order valence-electron chi connectivity index (χ3n) is 2.40. The normalized spacial score (nSPS) is 15.3. The first kappa shape index (κ1) is 9.58. The minimum atomic E-state index is -0.257. The van der Waals surface area contributed by atoms with Crippen LogP contribution in [0.15, 0.2) is 29.8 Å². The van der Waals surface area contributed by atoms with Gasteiger partial charge in [-0.05, 0) is 13.0 Å². The van der Waals surface area contributed by atoms with Gasteiger partial charge in [-0.25, -0.2) is 0 Å². The summed E-state index contributed by atoms with van der Waals surface area (Å²) in [5.74, 6) is -0.333. The number of hydrogen-bond acceptors (Lipinski definition) is 4. The molecule has 0 fully saturated rings. The smallest absolute Gasteiger partial charge is 0.228 e. The van der Waals surface area contributed by atoms with Crippen LogP contribution in [0.5, 0.6) is 0 Å². The molecule has 1 heterocycles. The third-order valence-corrected chi connectivity index (χ3v) is 2.40. The minimum absolute atomic E-state index is 0.124. The molecule has 0 aliphatic heterocycles. The molecule has 4 heteroatoms. The number of nitrogens with zero attached hydrogens (tertiary/aromatic N) is 1. The third kappa shape index (κ3) is 1.26. The lowest BCUT2D eigenvalue weighted by Crippen LogP contribution is -2.21. The van der Waals surface area contributed by atoms with Gasteiger partial charge in [-0.1, -0.05) is 0 Å². The van der Waals surface area contributed by atoms with E-state index in [9.17, 15) is 9.59 Å². The summed E-state index contributed by atoms with van der Waals surface area (Å²) in [5, 5.41) is 0. The molecule has 2 rings (SSSR count). The maximum absolute atomic E-state index is 11.8. The van der Waals surface area contributed by atoms with Crippen molar-refractivity contribution in [3.8, 4) is 0 Å². The Kier molecular flexibility index (Phi) is 2.11. The van der Waals surface area contributed by atoms with Gasteiger partial charge >= 0.3 is 0 Å². The maximum Gasteiger partial charge on any atom is 0.228 e. The summed E-state index contributed by atoms with van der Waals surface area (Å²) < 4.78 is 4.93. The molecule has 0 saturated heterocycles. The van der Waals surface area contributed by atoms with E-state index < -0.39 is 0 Å². The molecule has 4 nitrogen and oxygen atoms in total. The molecule has 0 amide bonds. The van der Waals surface area contributed by atoms with E-state index in [1.807, 2.05) is 0 Å². The van der Waals surface area contributed by atoms with Crippen LogP contribution in [0.3, 0.4) is 0 Å². The van der Waals surface area contributed by atoms with Gasteiger partial charge in [0.15, 0.2) is 11.5 Å². The Morgan fingerprint density at radius 3 is 2.60 bits per heavy atom. The highest BCUT2D eigenvalue weighted by molar-refractivity contribution is 6.25. The van der Waals surface area contributed by atoms with Crippen LogP contribution in [0.1, 0.15) is 27.6 Å². The van der Waals surface area contributed by atoms with E-state index in [1.54, 1.807) is 6.92 Å². The second kappa shape index (κ2) is 3.31. The lowest BCUT2D eigenvalue weighted by molar-refractivity contribution is 0.0906. The van der Waals surface area contributed by atoms with Gasteiger partial charge in [-0.3, -0.25) is 14.6 Å². The predicted molar refractivity (Wildman–Crippen MR) is 52.6 cm³/mol. The van der Waals surface area contributed by atoms with Crippen molar-refractivity contribution in [1.29, 1.82) is 0 Å². The summed E-state index contributed by atoms with van der Waals surface area (Å²) in [5.41, 5.74) is 1.04. The molecule has 15 heavy (non-hydrogen) atoms. The molecule has 1 aromatic rings. The molecule has 0 bridgehead atoms. The van der Waals surface area contributed by atoms with Gasteiger partial charge in [-0.15, -0.1) is 0 Å². The predicted octanol–water partition coefficient (Wildman–Crippen LogP) is 1.38. The van der Waals surface area contributed by atoms with E-state index in [1.165, 1.54) is 25.6 Å². The Hall–Kier alpha value is -1.97. The van der Waals surface area contributed by atoms with Crippen LogP contribution < -0.4 is 0 Å². The van der Waals surface area contributed by atoms with E-state index in [0.717, 1.165) is 0 Å². The molecule has 0 spiro atoms. The Morgan fingerprint density at radius 1 is 1.20 bits per heavy atom. The lowest BCUT2D eigenvalue weighted by Gasteiger charge is -2.16. The lowest BCUT2D eigenvalue weighted by atomic mass is 9.90. The topological polar surface area (TPSA) is 56.3 Å². The van der Waals surface area contributed by atoms with E-state index >= 15 is 0 Å². The van der Waals surface area contributed by atoms with Gasteiger partial charge < -0.3 is 4.74 Å². The van der Waals surface area contributed by atoms with Crippen LogP contribution in [0, 0.1) is 0 Å². The molecule has 0 unspecified atom stereocenters. The summed E-state index contributed by atoms with van der Waals surface area (Å²) in [6.07, 6.45) is 2.89. The summed E-state index contributed by atoms with van der Waals surface area (Å²) in [4.78, 5) is 27.5. The summed E-state index contributed by atoms with van der Waals surface area (Å²) >= 11 is 0. The fourth-order valence-electron chi connectivity index (χ4n) is 1.62. The maximum atomic E-state index is 11.8. The van der Waals surface area contributed by atoms with Gasteiger partial charge in [-0.2, -0.15) is 0 Å². The van der Waals surface area contributed by atoms with Gasteiger partial charge in [0.05, 0.1) is 12.7 Å². The molecule has 1 aliphatic carbocycles.